The summed E-state index contributed by atoms with van der Waals surface area (Å²) in [6.07, 6.45) is 1.36. The third-order valence-electron chi connectivity index (χ3n) is 3.15. The lowest BCUT2D eigenvalue weighted by Crippen LogP contribution is -2.01. The van der Waals surface area contributed by atoms with Crippen LogP contribution in [0.2, 0.25) is 0 Å². The number of carbonyl (C=O) groups is 1. The fraction of sp³-hybridized carbons (Fsp3) is 0.316. The summed E-state index contributed by atoms with van der Waals surface area (Å²) in [5.41, 5.74) is 4.40. The molecule has 0 aliphatic carbocycles. The van der Waals surface area contributed by atoms with Crippen molar-refractivity contribution in [2.45, 2.75) is 26.9 Å². The van der Waals surface area contributed by atoms with Gasteiger partial charge in [0, 0.05) is 6.42 Å². The lowest BCUT2D eigenvalue weighted by Gasteiger charge is -2.12. The molecule has 2 aromatic carbocycles. The molecule has 0 aromatic heterocycles. The van der Waals surface area contributed by atoms with E-state index in [-0.39, 0.29) is 0 Å². The summed E-state index contributed by atoms with van der Waals surface area (Å²) < 4.78 is 5.87. The Morgan fingerprint density at radius 2 is 1.68 bits per heavy atom. The third kappa shape index (κ3) is 5.70. The largest absolute Gasteiger partial charge is 0.489 e. The molecular formula is C19H25NO2. The van der Waals surface area contributed by atoms with Crippen LogP contribution in [0.15, 0.2) is 42.5 Å². The van der Waals surface area contributed by atoms with Gasteiger partial charge in [0.15, 0.2) is 0 Å². The molecule has 0 bridgehead atoms. The lowest BCUT2D eigenvalue weighted by molar-refractivity contribution is -0.107. The molecule has 0 heterocycles. The number of ether oxygens (including phenoxy) is 1. The Morgan fingerprint density at radius 1 is 1.05 bits per heavy atom. The second kappa shape index (κ2) is 9.74. The number of nitrogens with one attached hydrogen (secondary N) is 1. The van der Waals surface area contributed by atoms with Crippen molar-refractivity contribution in [3.05, 3.63) is 64.7 Å². The van der Waals surface area contributed by atoms with Gasteiger partial charge in [0.2, 0.25) is 0 Å². The lowest BCUT2D eigenvalue weighted by atomic mass is 10.1. The summed E-state index contributed by atoms with van der Waals surface area (Å²) in [6, 6.07) is 14.1. The van der Waals surface area contributed by atoms with E-state index in [4.69, 9.17) is 4.74 Å². The van der Waals surface area contributed by atoms with Crippen molar-refractivity contribution in [2.75, 3.05) is 14.1 Å². The van der Waals surface area contributed by atoms with Crippen molar-refractivity contribution in [3.8, 4) is 5.75 Å². The first-order valence-corrected chi connectivity index (χ1v) is 7.41. The molecule has 0 unspecified atom stereocenters. The van der Waals surface area contributed by atoms with Gasteiger partial charge >= 0.3 is 0 Å². The Morgan fingerprint density at radius 3 is 2.32 bits per heavy atom. The van der Waals surface area contributed by atoms with Crippen LogP contribution in [0.1, 0.15) is 22.3 Å². The van der Waals surface area contributed by atoms with Crippen LogP contribution >= 0.6 is 0 Å². The van der Waals surface area contributed by atoms with Crippen molar-refractivity contribution in [2.24, 2.45) is 0 Å². The van der Waals surface area contributed by atoms with Crippen LogP contribution < -0.4 is 10.1 Å². The maximum atomic E-state index is 10.7. The molecule has 118 valence electrons. The normalized spacial score (nSPS) is 9.64. The molecule has 2 aromatic rings. The molecule has 3 heteroatoms. The molecule has 22 heavy (non-hydrogen) atoms. The Labute approximate surface area is 133 Å². The summed E-state index contributed by atoms with van der Waals surface area (Å²) in [7, 11) is 3.75. The summed E-state index contributed by atoms with van der Waals surface area (Å²) in [5.74, 6) is 0.904. The van der Waals surface area contributed by atoms with Gasteiger partial charge in [-0.1, -0.05) is 36.4 Å². The van der Waals surface area contributed by atoms with Gasteiger partial charge < -0.3 is 14.8 Å². The number of aldehydes is 1. The molecule has 0 aliphatic rings. The van der Waals surface area contributed by atoms with E-state index in [1.807, 2.05) is 58.3 Å². The quantitative estimate of drug-likeness (QED) is 0.859. The van der Waals surface area contributed by atoms with Crippen LogP contribution in [0, 0.1) is 13.8 Å². The molecule has 0 saturated carbocycles. The van der Waals surface area contributed by atoms with E-state index in [1.165, 1.54) is 5.56 Å². The number of hydrogen-bond acceptors (Lipinski definition) is 3. The van der Waals surface area contributed by atoms with Crippen molar-refractivity contribution in [1.82, 2.24) is 5.32 Å². The van der Waals surface area contributed by atoms with E-state index < -0.39 is 0 Å². The molecule has 0 spiro atoms. The minimum absolute atomic E-state index is 0.437. The molecule has 2 rings (SSSR count). The standard InChI is InChI=1S/C17H18O2.C2H7N/c1-13-7-8-14(2)17(11-13)19-12-16-6-4-3-5-15(16)9-10-18;1-3-2/h3-8,10-11H,9,12H2,1-2H3;3H,1-2H3. The van der Waals surface area contributed by atoms with Crippen LogP contribution in [0.25, 0.3) is 0 Å². The molecule has 0 radical (unpaired) electrons. The van der Waals surface area contributed by atoms with Gasteiger partial charge in [-0.3, -0.25) is 0 Å². The smallest absolute Gasteiger partial charge is 0.124 e. The van der Waals surface area contributed by atoms with Crippen LogP contribution in [0.5, 0.6) is 5.75 Å². The van der Waals surface area contributed by atoms with Crippen LogP contribution in [0.4, 0.5) is 0 Å². The highest BCUT2D eigenvalue weighted by Crippen LogP contribution is 2.21. The van der Waals surface area contributed by atoms with Crippen LogP contribution in [-0.2, 0) is 17.8 Å². The van der Waals surface area contributed by atoms with E-state index in [0.29, 0.717) is 13.0 Å². The monoisotopic (exact) mass is 299 g/mol. The highest BCUT2D eigenvalue weighted by molar-refractivity contribution is 5.56. The Bertz CT molecular complexity index is 594. The van der Waals surface area contributed by atoms with E-state index in [9.17, 15) is 4.79 Å². The Balaban J connectivity index is 0.000000745. The van der Waals surface area contributed by atoms with Gasteiger partial charge in [-0.15, -0.1) is 0 Å². The molecular weight excluding hydrogens is 274 g/mol. The highest BCUT2D eigenvalue weighted by atomic mass is 16.5. The van der Waals surface area contributed by atoms with Gasteiger partial charge in [0.25, 0.3) is 0 Å². The first-order valence-electron chi connectivity index (χ1n) is 7.41. The van der Waals surface area contributed by atoms with Crippen molar-refractivity contribution < 1.29 is 9.53 Å². The molecule has 0 atom stereocenters. The highest BCUT2D eigenvalue weighted by Gasteiger charge is 2.04. The number of aryl methyl sites for hydroxylation is 2. The Hall–Kier alpha value is -2.13. The topological polar surface area (TPSA) is 38.3 Å². The molecule has 3 nitrogen and oxygen atoms in total. The molecule has 1 N–H and O–H groups in total. The van der Waals surface area contributed by atoms with Crippen molar-refractivity contribution in [1.29, 1.82) is 0 Å². The zero-order valence-corrected chi connectivity index (χ0v) is 13.8. The van der Waals surface area contributed by atoms with Crippen LogP contribution in [0.3, 0.4) is 0 Å². The number of hydrogen-bond donors (Lipinski definition) is 1. The molecule has 0 fully saturated rings. The number of carbonyl (C=O) groups excluding carboxylic acids is 1. The zero-order valence-electron chi connectivity index (χ0n) is 13.8. The average Bonchev–Trinajstić information content (AvgIpc) is 2.50. The SMILES string of the molecule is CNC.Cc1ccc(C)c(OCc2ccccc2CC=O)c1. The maximum absolute atomic E-state index is 10.7. The van der Waals surface area contributed by atoms with Crippen molar-refractivity contribution in [3.63, 3.8) is 0 Å². The first-order chi connectivity index (χ1) is 10.6. The second-order valence-corrected chi connectivity index (χ2v) is 5.20. The number of benzene rings is 2. The van der Waals surface area contributed by atoms with E-state index in [1.54, 1.807) is 0 Å². The molecule has 0 saturated heterocycles. The summed E-state index contributed by atoms with van der Waals surface area (Å²) >= 11 is 0. The van der Waals surface area contributed by atoms with Gasteiger partial charge in [0.1, 0.15) is 18.6 Å². The average molecular weight is 299 g/mol. The summed E-state index contributed by atoms with van der Waals surface area (Å²) in [4.78, 5) is 10.7. The fourth-order valence-electron chi connectivity index (χ4n) is 2.01. The fourth-order valence-corrected chi connectivity index (χ4v) is 2.01. The summed E-state index contributed by atoms with van der Waals surface area (Å²) in [5, 5.41) is 2.75. The number of rotatable bonds is 5. The second-order valence-electron chi connectivity index (χ2n) is 5.20. The van der Waals surface area contributed by atoms with E-state index in [0.717, 1.165) is 28.7 Å². The minimum Gasteiger partial charge on any atom is -0.489 e. The van der Waals surface area contributed by atoms with E-state index >= 15 is 0 Å². The maximum Gasteiger partial charge on any atom is 0.124 e. The van der Waals surface area contributed by atoms with Gasteiger partial charge in [-0.25, -0.2) is 0 Å². The van der Waals surface area contributed by atoms with Gasteiger partial charge in [-0.2, -0.15) is 0 Å². The Kier molecular flexibility index (Phi) is 7.94. The minimum atomic E-state index is 0.437. The van der Waals surface area contributed by atoms with Gasteiger partial charge in [0.05, 0.1) is 0 Å². The first kappa shape index (κ1) is 17.9. The third-order valence-corrected chi connectivity index (χ3v) is 3.15. The predicted molar refractivity (Wildman–Crippen MR) is 91.4 cm³/mol. The molecule has 0 aliphatic heterocycles. The van der Waals surface area contributed by atoms with Crippen molar-refractivity contribution >= 4 is 6.29 Å². The van der Waals surface area contributed by atoms with Crippen LogP contribution in [-0.4, -0.2) is 20.4 Å². The molecule has 0 amide bonds. The predicted octanol–water partition coefficient (Wildman–Crippen LogP) is 3.46. The van der Waals surface area contributed by atoms with E-state index in [2.05, 4.69) is 17.4 Å². The van der Waals surface area contributed by atoms with Gasteiger partial charge in [-0.05, 0) is 56.3 Å². The zero-order chi connectivity index (χ0) is 16.4. The summed E-state index contributed by atoms with van der Waals surface area (Å²) in [6.45, 7) is 4.58.